The Labute approximate surface area is 124 Å². The van der Waals surface area contributed by atoms with Crippen molar-refractivity contribution in [1.82, 2.24) is 15.2 Å². The molecule has 2 aromatic heterocycles. The quantitative estimate of drug-likeness (QED) is 0.541. The topological polar surface area (TPSA) is 142 Å². The highest BCUT2D eigenvalue weighted by atomic mass is 16.6. The van der Waals surface area contributed by atoms with Gasteiger partial charge in [0.25, 0.3) is 5.89 Å². The first-order valence-electron chi connectivity index (χ1n) is 6.67. The lowest BCUT2D eigenvalue weighted by Gasteiger charge is -2.38. The van der Waals surface area contributed by atoms with Crippen molar-refractivity contribution in [1.29, 1.82) is 0 Å². The van der Waals surface area contributed by atoms with E-state index in [4.69, 9.17) is 14.3 Å². The van der Waals surface area contributed by atoms with E-state index < -0.39 is 37.1 Å². The van der Waals surface area contributed by atoms with Crippen LogP contribution >= 0.6 is 0 Å². The fourth-order valence-corrected chi connectivity index (χ4v) is 2.25. The van der Waals surface area contributed by atoms with Crippen molar-refractivity contribution < 1.29 is 29.6 Å². The Morgan fingerprint density at radius 3 is 2.55 bits per heavy atom. The zero-order valence-corrected chi connectivity index (χ0v) is 11.4. The molecule has 0 aromatic carbocycles. The molecule has 2 unspecified atom stereocenters. The summed E-state index contributed by atoms with van der Waals surface area (Å²) >= 11 is 0. The maximum Gasteiger partial charge on any atom is 0.266 e. The lowest BCUT2D eigenvalue weighted by Crippen LogP contribution is -2.55. The average Bonchev–Trinajstić information content (AvgIpc) is 3.04. The molecule has 0 saturated carbocycles. The summed E-state index contributed by atoms with van der Waals surface area (Å²) in [5.41, 5.74) is 0.450. The minimum Gasteiger partial charge on any atom is -0.416 e. The van der Waals surface area contributed by atoms with Crippen molar-refractivity contribution >= 4 is 0 Å². The third-order valence-corrected chi connectivity index (χ3v) is 3.46. The molecule has 2 aromatic rings. The molecule has 4 N–H and O–H groups in total. The summed E-state index contributed by atoms with van der Waals surface area (Å²) in [6.45, 7) is -0.525. The zero-order valence-electron chi connectivity index (χ0n) is 11.4. The van der Waals surface area contributed by atoms with Gasteiger partial charge in [0.2, 0.25) is 5.89 Å². The first-order chi connectivity index (χ1) is 10.6. The second-order valence-corrected chi connectivity index (χ2v) is 4.91. The van der Waals surface area contributed by atoms with Gasteiger partial charge in [0.05, 0.1) is 6.61 Å². The average molecular weight is 309 g/mol. The minimum atomic E-state index is -1.50. The molecule has 0 spiro atoms. The van der Waals surface area contributed by atoms with E-state index in [2.05, 4.69) is 15.2 Å². The van der Waals surface area contributed by atoms with Crippen LogP contribution in [-0.2, 0) is 4.74 Å². The molecular formula is C13H15N3O6. The second-order valence-electron chi connectivity index (χ2n) is 4.91. The molecule has 3 heterocycles. The normalized spacial score (nSPS) is 32.1. The SMILES string of the molecule is OCC1O[C@@H](c2nnc(-c3ccccn3)o2)C(O)[C@@H](O)[C@H]1O. The lowest BCUT2D eigenvalue weighted by molar-refractivity contribution is -0.236. The highest BCUT2D eigenvalue weighted by Gasteiger charge is 2.46. The van der Waals surface area contributed by atoms with E-state index in [1.807, 2.05) is 0 Å². The van der Waals surface area contributed by atoms with Crippen LogP contribution < -0.4 is 0 Å². The lowest BCUT2D eigenvalue weighted by atomic mass is 9.95. The fraction of sp³-hybridized carbons (Fsp3) is 0.462. The van der Waals surface area contributed by atoms with Crippen LogP contribution in [0.25, 0.3) is 11.6 Å². The number of aliphatic hydroxyl groups is 4. The molecule has 1 aliphatic rings. The smallest absolute Gasteiger partial charge is 0.266 e. The Balaban J connectivity index is 1.86. The van der Waals surface area contributed by atoms with E-state index in [-0.39, 0.29) is 11.8 Å². The van der Waals surface area contributed by atoms with Crippen LogP contribution in [0.3, 0.4) is 0 Å². The summed E-state index contributed by atoms with van der Waals surface area (Å²) in [4.78, 5) is 4.06. The van der Waals surface area contributed by atoms with Gasteiger partial charge in [0, 0.05) is 6.20 Å². The van der Waals surface area contributed by atoms with Crippen molar-refractivity contribution in [2.75, 3.05) is 6.61 Å². The molecule has 5 atom stereocenters. The Kier molecular flexibility index (Phi) is 4.14. The van der Waals surface area contributed by atoms with E-state index in [1.165, 1.54) is 0 Å². The van der Waals surface area contributed by atoms with Gasteiger partial charge in [-0.05, 0) is 12.1 Å². The van der Waals surface area contributed by atoms with Gasteiger partial charge in [-0.3, -0.25) is 4.98 Å². The predicted octanol–water partition coefficient (Wildman–Crippen LogP) is -1.35. The van der Waals surface area contributed by atoms with Crippen LogP contribution in [0, 0.1) is 0 Å². The summed E-state index contributed by atoms with van der Waals surface area (Å²) in [6, 6.07) is 5.16. The number of pyridine rings is 1. The van der Waals surface area contributed by atoms with Crippen LogP contribution in [0.4, 0.5) is 0 Å². The number of aromatic nitrogens is 3. The standard InChI is InChI=1S/C13H15N3O6/c17-5-7-8(18)9(19)10(20)11(21-7)13-16-15-12(22-13)6-3-1-2-4-14-6/h1-4,7-11,17-20H,5H2/t7?,8-,9-,10?,11+/m0/s1. The molecule has 0 aliphatic carbocycles. The van der Waals surface area contributed by atoms with Crippen molar-refractivity contribution in [2.45, 2.75) is 30.5 Å². The molecule has 3 rings (SSSR count). The molecule has 1 aliphatic heterocycles. The van der Waals surface area contributed by atoms with Gasteiger partial charge in [-0.1, -0.05) is 6.07 Å². The summed E-state index contributed by atoms with van der Waals surface area (Å²) in [7, 11) is 0. The summed E-state index contributed by atoms with van der Waals surface area (Å²) < 4.78 is 10.8. The van der Waals surface area contributed by atoms with Crippen LogP contribution in [0.1, 0.15) is 12.0 Å². The van der Waals surface area contributed by atoms with Crippen molar-refractivity contribution in [3.8, 4) is 11.6 Å². The molecular weight excluding hydrogens is 294 g/mol. The number of nitrogens with zero attached hydrogens (tertiary/aromatic N) is 3. The number of hydrogen-bond donors (Lipinski definition) is 4. The van der Waals surface area contributed by atoms with E-state index >= 15 is 0 Å². The molecule has 0 bridgehead atoms. The van der Waals surface area contributed by atoms with Crippen molar-refractivity contribution in [3.63, 3.8) is 0 Å². The molecule has 1 saturated heterocycles. The largest absolute Gasteiger partial charge is 0.416 e. The summed E-state index contributed by atoms with van der Waals surface area (Å²) in [5.74, 6) is 0.0603. The van der Waals surface area contributed by atoms with Crippen molar-refractivity contribution in [3.05, 3.63) is 30.3 Å². The van der Waals surface area contributed by atoms with Gasteiger partial charge in [-0.25, -0.2) is 0 Å². The zero-order chi connectivity index (χ0) is 15.7. The Hall–Kier alpha value is -1.91. The van der Waals surface area contributed by atoms with Gasteiger partial charge >= 0.3 is 0 Å². The predicted molar refractivity (Wildman–Crippen MR) is 70.2 cm³/mol. The highest BCUT2D eigenvalue weighted by molar-refractivity contribution is 5.44. The number of ether oxygens (including phenoxy) is 1. The Bertz CT molecular complexity index is 619. The molecule has 9 nitrogen and oxygen atoms in total. The number of rotatable bonds is 3. The van der Waals surface area contributed by atoms with Crippen molar-refractivity contribution in [2.24, 2.45) is 0 Å². The van der Waals surface area contributed by atoms with E-state index in [1.54, 1.807) is 24.4 Å². The highest BCUT2D eigenvalue weighted by Crippen LogP contribution is 2.32. The molecule has 0 radical (unpaired) electrons. The second kappa shape index (κ2) is 6.07. The first-order valence-corrected chi connectivity index (χ1v) is 6.67. The van der Waals surface area contributed by atoms with Gasteiger partial charge < -0.3 is 29.6 Å². The summed E-state index contributed by atoms with van der Waals surface area (Å²) in [5, 5.41) is 46.2. The maximum atomic E-state index is 9.99. The van der Waals surface area contributed by atoms with Crippen LogP contribution in [0.2, 0.25) is 0 Å². The van der Waals surface area contributed by atoms with Crippen LogP contribution in [-0.4, -0.2) is 66.6 Å². The third-order valence-electron chi connectivity index (χ3n) is 3.46. The van der Waals surface area contributed by atoms with E-state index in [0.717, 1.165) is 0 Å². The van der Waals surface area contributed by atoms with Crippen LogP contribution in [0.15, 0.2) is 28.8 Å². The fourth-order valence-electron chi connectivity index (χ4n) is 2.25. The minimum absolute atomic E-state index is 0.0717. The van der Waals surface area contributed by atoms with E-state index in [9.17, 15) is 15.3 Å². The van der Waals surface area contributed by atoms with Gasteiger partial charge in [0.1, 0.15) is 30.1 Å². The van der Waals surface area contributed by atoms with Gasteiger partial charge in [0.15, 0.2) is 6.10 Å². The summed E-state index contributed by atoms with van der Waals surface area (Å²) in [6.07, 6.45) is -5.02. The number of hydrogen-bond acceptors (Lipinski definition) is 9. The maximum absolute atomic E-state index is 9.99. The Morgan fingerprint density at radius 1 is 1.05 bits per heavy atom. The van der Waals surface area contributed by atoms with E-state index in [0.29, 0.717) is 5.69 Å². The number of aliphatic hydroxyl groups excluding tert-OH is 4. The monoisotopic (exact) mass is 309 g/mol. The molecule has 22 heavy (non-hydrogen) atoms. The molecule has 9 heteroatoms. The van der Waals surface area contributed by atoms with Gasteiger partial charge in [-0.15, -0.1) is 10.2 Å². The molecule has 1 fully saturated rings. The Morgan fingerprint density at radius 2 is 1.86 bits per heavy atom. The van der Waals surface area contributed by atoms with Gasteiger partial charge in [-0.2, -0.15) is 0 Å². The van der Waals surface area contributed by atoms with Crippen LogP contribution in [0.5, 0.6) is 0 Å². The molecule has 0 amide bonds. The molecule has 118 valence electrons. The third kappa shape index (κ3) is 2.60. The first kappa shape index (κ1) is 15.0.